The van der Waals surface area contributed by atoms with E-state index >= 15 is 0 Å². The van der Waals surface area contributed by atoms with E-state index in [0.717, 1.165) is 41.1 Å². The van der Waals surface area contributed by atoms with Gasteiger partial charge in [-0.05, 0) is 61.2 Å². The number of nitrogens with one attached hydrogen (secondary N) is 1. The molecule has 1 aromatic heterocycles. The highest BCUT2D eigenvalue weighted by Crippen LogP contribution is 2.29. The van der Waals surface area contributed by atoms with Crippen molar-refractivity contribution < 1.29 is 19.0 Å². The number of methoxy groups -OCH3 is 1. The zero-order chi connectivity index (χ0) is 25.9. The van der Waals surface area contributed by atoms with Crippen LogP contribution in [0.4, 0.5) is 5.13 Å². The molecule has 1 amide bonds. The third kappa shape index (κ3) is 7.55. The number of ether oxygens (including phenoxy) is 3. The molecule has 0 unspecified atom stereocenters. The standard InChI is InChI=1S/C27H30N4O4S/c1-5-6-7-25-30-31-27(36-25)29-26(32)21(17-28)15-20-10-11-22(24(16-20)33-4)34-12-13-35-23-14-18(2)8-9-19(23)3/h8-11,14-16H,5-7,12-13H2,1-4H3,(H,29,31,32). The van der Waals surface area contributed by atoms with E-state index in [1.165, 1.54) is 24.5 Å². The molecule has 0 spiro atoms. The van der Waals surface area contributed by atoms with Crippen LogP contribution in [0.5, 0.6) is 17.2 Å². The Bertz CT molecular complexity index is 1260. The summed E-state index contributed by atoms with van der Waals surface area (Å²) >= 11 is 1.32. The van der Waals surface area contributed by atoms with E-state index in [4.69, 9.17) is 14.2 Å². The fraction of sp³-hybridized carbons (Fsp3) is 0.333. The Kier molecular flexibility index (Phi) is 9.83. The number of anilines is 1. The summed E-state index contributed by atoms with van der Waals surface area (Å²) < 4.78 is 17.1. The molecule has 188 valence electrons. The van der Waals surface area contributed by atoms with E-state index in [-0.39, 0.29) is 5.57 Å². The molecular weight excluding hydrogens is 476 g/mol. The van der Waals surface area contributed by atoms with Gasteiger partial charge in [-0.2, -0.15) is 5.26 Å². The molecule has 9 heteroatoms. The molecule has 0 saturated heterocycles. The molecule has 1 N–H and O–H groups in total. The van der Waals surface area contributed by atoms with Gasteiger partial charge in [0, 0.05) is 6.42 Å². The lowest BCUT2D eigenvalue weighted by molar-refractivity contribution is -0.112. The number of hydrogen-bond acceptors (Lipinski definition) is 8. The smallest absolute Gasteiger partial charge is 0.268 e. The highest BCUT2D eigenvalue weighted by molar-refractivity contribution is 7.15. The van der Waals surface area contributed by atoms with Crippen LogP contribution in [0.3, 0.4) is 0 Å². The largest absolute Gasteiger partial charge is 0.493 e. The number of unbranched alkanes of at least 4 members (excludes halogenated alkanes) is 1. The normalized spacial score (nSPS) is 11.0. The second-order valence-corrected chi connectivity index (χ2v) is 9.17. The molecule has 0 atom stereocenters. The van der Waals surface area contributed by atoms with E-state index in [1.54, 1.807) is 18.2 Å². The maximum absolute atomic E-state index is 12.6. The summed E-state index contributed by atoms with van der Waals surface area (Å²) in [5.74, 6) is 1.31. The number of benzene rings is 2. The molecule has 0 bridgehead atoms. The van der Waals surface area contributed by atoms with Crippen molar-refractivity contribution in [2.24, 2.45) is 0 Å². The number of amides is 1. The Hall–Kier alpha value is -3.90. The van der Waals surface area contributed by atoms with Crippen molar-refractivity contribution in [3.05, 3.63) is 63.7 Å². The van der Waals surface area contributed by atoms with Crippen molar-refractivity contribution in [3.63, 3.8) is 0 Å². The number of rotatable bonds is 12. The maximum atomic E-state index is 12.6. The third-order valence-corrected chi connectivity index (χ3v) is 6.14. The minimum absolute atomic E-state index is 0.0575. The molecule has 0 aliphatic heterocycles. The van der Waals surface area contributed by atoms with Crippen LogP contribution < -0.4 is 19.5 Å². The lowest BCUT2D eigenvalue weighted by Crippen LogP contribution is -2.13. The molecule has 0 saturated carbocycles. The number of nitriles is 1. The van der Waals surface area contributed by atoms with Gasteiger partial charge in [-0.25, -0.2) is 0 Å². The molecule has 0 radical (unpaired) electrons. The van der Waals surface area contributed by atoms with Crippen molar-refractivity contribution in [1.82, 2.24) is 10.2 Å². The number of hydrogen-bond donors (Lipinski definition) is 1. The topological polar surface area (TPSA) is 106 Å². The summed E-state index contributed by atoms with van der Waals surface area (Å²) in [7, 11) is 1.53. The molecule has 0 aliphatic rings. The van der Waals surface area contributed by atoms with E-state index in [9.17, 15) is 10.1 Å². The molecule has 8 nitrogen and oxygen atoms in total. The minimum Gasteiger partial charge on any atom is -0.493 e. The highest BCUT2D eigenvalue weighted by Gasteiger charge is 2.14. The summed E-state index contributed by atoms with van der Waals surface area (Å²) in [6.07, 6.45) is 4.37. The number of carbonyl (C=O) groups excluding carboxylic acids is 1. The average molecular weight is 507 g/mol. The monoisotopic (exact) mass is 506 g/mol. The van der Waals surface area contributed by atoms with Crippen molar-refractivity contribution in [2.75, 3.05) is 25.6 Å². The van der Waals surface area contributed by atoms with Crippen LogP contribution in [-0.4, -0.2) is 36.4 Å². The van der Waals surface area contributed by atoms with Crippen LogP contribution in [-0.2, 0) is 11.2 Å². The molecule has 1 heterocycles. The summed E-state index contributed by atoms with van der Waals surface area (Å²) in [5.41, 5.74) is 2.76. The summed E-state index contributed by atoms with van der Waals surface area (Å²) in [4.78, 5) is 12.6. The van der Waals surface area contributed by atoms with Gasteiger partial charge < -0.3 is 14.2 Å². The van der Waals surface area contributed by atoms with Gasteiger partial charge in [-0.15, -0.1) is 10.2 Å². The number of nitrogens with zero attached hydrogens (tertiary/aromatic N) is 3. The van der Waals surface area contributed by atoms with Gasteiger partial charge >= 0.3 is 0 Å². The molecule has 3 aromatic rings. The van der Waals surface area contributed by atoms with Crippen molar-refractivity contribution in [2.45, 2.75) is 40.0 Å². The number of carbonyl (C=O) groups is 1. The number of aryl methyl sites for hydroxylation is 3. The van der Waals surface area contributed by atoms with Crippen LogP contribution in [0, 0.1) is 25.2 Å². The predicted octanol–water partition coefficient (Wildman–Crippen LogP) is 5.51. The predicted molar refractivity (Wildman–Crippen MR) is 141 cm³/mol. The molecule has 2 aromatic carbocycles. The number of aromatic nitrogens is 2. The molecule has 36 heavy (non-hydrogen) atoms. The van der Waals surface area contributed by atoms with E-state index in [2.05, 4.69) is 22.4 Å². The van der Waals surface area contributed by atoms with Crippen molar-refractivity contribution >= 4 is 28.5 Å². The second kappa shape index (κ2) is 13.3. The minimum atomic E-state index is -0.543. The van der Waals surface area contributed by atoms with Crippen molar-refractivity contribution in [1.29, 1.82) is 5.26 Å². The molecular formula is C27H30N4O4S. The lowest BCUT2D eigenvalue weighted by atomic mass is 10.1. The van der Waals surface area contributed by atoms with Crippen LogP contribution in [0.15, 0.2) is 42.0 Å². The quantitative estimate of drug-likeness (QED) is 0.196. The van der Waals surface area contributed by atoms with Gasteiger partial charge in [0.1, 0.15) is 35.6 Å². The summed E-state index contributed by atoms with van der Waals surface area (Å²) in [6.45, 7) is 6.82. The Labute approximate surface area is 215 Å². The van der Waals surface area contributed by atoms with Crippen LogP contribution in [0.25, 0.3) is 6.08 Å². The lowest BCUT2D eigenvalue weighted by Gasteiger charge is -2.13. The summed E-state index contributed by atoms with van der Waals surface area (Å²) in [5, 5.41) is 21.5. The fourth-order valence-electron chi connectivity index (χ4n) is 3.27. The zero-order valence-corrected chi connectivity index (χ0v) is 21.8. The van der Waals surface area contributed by atoms with E-state index in [0.29, 0.717) is 35.4 Å². The third-order valence-electron chi connectivity index (χ3n) is 5.24. The van der Waals surface area contributed by atoms with Crippen LogP contribution >= 0.6 is 11.3 Å². The first-order valence-corrected chi connectivity index (χ1v) is 12.5. The second-order valence-electron chi connectivity index (χ2n) is 8.10. The molecule has 0 fully saturated rings. The van der Waals surface area contributed by atoms with Gasteiger partial charge in [-0.3, -0.25) is 10.1 Å². The average Bonchev–Trinajstić information content (AvgIpc) is 3.33. The van der Waals surface area contributed by atoms with Gasteiger partial charge in [0.2, 0.25) is 5.13 Å². The fourth-order valence-corrected chi connectivity index (χ4v) is 4.05. The SMILES string of the molecule is CCCCc1nnc(NC(=O)C(C#N)=Cc2ccc(OCCOc3cc(C)ccc3C)c(OC)c2)s1. The first-order chi connectivity index (χ1) is 17.4. The first kappa shape index (κ1) is 26.7. The Balaban J connectivity index is 1.61. The Morgan fingerprint density at radius 1 is 1.08 bits per heavy atom. The Morgan fingerprint density at radius 2 is 1.86 bits per heavy atom. The van der Waals surface area contributed by atoms with Crippen molar-refractivity contribution in [3.8, 4) is 23.3 Å². The van der Waals surface area contributed by atoms with Gasteiger partial charge in [-0.1, -0.05) is 42.9 Å². The Morgan fingerprint density at radius 3 is 2.58 bits per heavy atom. The van der Waals surface area contributed by atoms with Gasteiger partial charge in [0.05, 0.1) is 7.11 Å². The molecule has 3 rings (SSSR count). The van der Waals surface area contributed by atoms with Gasteiger partial charge in [0.15, 0.2) is 11.5 Å². The molecule has 0 aliphatic carbocycles. The first-order valence-electron chi connectivity index (χ1n) is 11.7. The van der Waals surface area contributed by atoms with Crippen LogP contribution in [0.1, 0.15) is 41.5 Å². The van der Waals surface area contributed by atoms with E-state index < -0.39 is 5.91 Å². The van der Waals surface area contributed by atoms with E-state index in [1.807, 2.05) is 38.1 Å². The zero-order valence-electron chi connectivity index (χ0n) is 21.0. The van der Waals surface area contributed by atoms with Crippen LogP contribution in [0.2, 0.25) is 0 Å². The van der Waals surface area contributed by atoms with Gasteiger partial charge in [0.25, 0.3) is 5.91 Å². The summed E-state index contributed by atoms with van der Waals surface area (Å²) in [6, 6.07) is 13.2. The maximum Gasteiger partial charge on any atom is 0.268 e. The highest BCUT2D eigenvalue weighted by atomic mass is 32.1.